The zero-order valence-corrected chi connectivity index (χ0v) is 9.34. The van der Waals surface area contributed by atoms with Gasteiger partial charge in [0, 0.05) is 25.2 Å². The molecule has 3 nitrogen and oxygen atoms in total. The van der Waals surface area contributed by atoms with Crippen molar-refractivity contribution in [3.05, 3.63) is 12.2 Å². The van der Waals surface area contributed by atoms with Gasteiger partial charge in [0.05, 0.1) is 6.61 Å². The fourth-order valence-electron chi connectivity index (χ4n) is 0.768. The van der Waals surface area contributed by atoms with E-state index in [4.69, 9.17) is 9.47 Å². The third-order valence-electron chi connectivity index (χ3n) is 1.47. The summed E-state index contributed by atoms with van der Waals surface area (Å²) in [7, 11) is 0. The molecule has 0 N–H and O–H groups in total. The highest BCUT2D eigenvalue weighted by Gasteiger charge is 2.01. The van der Waals surface area contributed by atoms with E-state index in [0.717, 1.165) is 13.0 Å². The van der Waals surface area contributed by atoms with Crippen LogP contribution in [0.3, 0.4) is 0 Å². The molecule has 0 aliphatic heterocycles. The van der Waals surface area contributed by atoms with Crippen LogP contribution in [0.4, 0.5) is 0 Å². The molecule has 0 fully saturated rings. The summed E-state index contributed by atoms with van der Waals surface area (Å²) in [6.45, 7) is 11.1. The third kappa shape index (κ3) is 7.80. The van der Waals surface area contributed by atoms with Crippen molar-refractivity contribution in [3.8, 4) is 0 Å². The lowest BCUT2D eigenvalue weighted by molar-refractivity contribution is -0.139. The SMILES string of the molecule is C=C(C)C(=O)OCCCOCC(C)C. The fraction of sp³-hybridized carbons (Fsp3) is 0.727. The molecule has 0 heterocycles. The van der Waals surface area contributed by atoms with E-state index in [-0.39, 0.29) is 5.97 Å². The minimum Gasteiger partial charge on any atom is -0.462 e. The van der Waals surface area contributed by atoms with Gasteiger partial charge in [0.15, 0.2) is 0 Å². The highest BCUT2D eigenvalue weighted by molar-refractivity contribution is 5.86. The van der Waals surface area contributed by atoms with Crippen LogP contribution in [-0.2, 0) is 14.3 Å². The van der Waals surface area contributed by atoms with E-state index in [1.807, 2.05) is 0 Å². The molecule has 0 aliphatic carbocycles. The smallest absolute Gasteiger partial charge is 0.333 e. The second-order valence-corrected chi connectivity index (χ2v) is 3.74. The van der Waals surface area contributed by atoms with Gasteiger partial charge in [-0.2, -0.15) is 0 Å². The second-order valence-electron chi connectivity index (χ2n) is 3.74. The first-order valence-corrected chi connectivity index (χ1v) is 4.94. The monoisotopic (exact) mass is 200 g/mol. The van der Waals surface area contributed by atoms with Crippen molar-refractivity contribution < 1.29 is 14.3 Å². The van der Waals surface area contributed by atoms with E-state index in [1.165, 1.54) is 0 Å². The lowest BCUT2D eigenvalue weighted by atomic mass is 10.2. The number of hydrogen-bond acceptors (Lipinski definition) is 3. The summed E-state index contributed by atoms with van der Waals surface area (Å²) in [5, 5.41) is 0. The molecule has 14 heavy (non-hydrogen) atoms. The molecule has 0 aromatic heterocycles. The molecular formula is C11H20O3. The van der Waals surface area contributed by atoms with Crippen LogP contribution in [-0.4, -0.2) is 25.8 Å². The van der Waals surface area contributed by atoms with Gasteiger partial charge in [-0.1, -0.05) is 20.4 Å². The van der Waals surface area contributed by atoms with Gasteiger partial charge in [0.1, 0.15) is 0 Å². The molecule has 0 unspecified atom stereocenters. The molecule has 0 aliphatic rings. The molecular weight excluding hydrogens is 180 g/mol. The van der Waals surface area contributed by atoms with Crippen LogP contribution in [0.5, 0.6) is 0 Å². The molecule has 0 saturated carbocycles. The summed E-state index contributed by atoms with van der Waals surface area (Å²) < 4.78 is 10.2. The zero-order valence-electron chi connectivity index (χ0n) is 9.34. The molecule has 0 spiro atoms. The summed E-state index contributed by atoms with van der Waals surface area (Å²) in [6.07, 6.45) is 0.742. The molecule has 0 saturated heterocycles. The molecule has 0 amide bonds. The van der Waals surface area contributed by atoms with Crippen LogP contribution in [0.15, 0.2) is 12.2 Å². The quantitative estimate of drug-likeness (QED) is 0.359. The summed E-state index contributed by atoms with van der Waals surface area (Å²) in [6, 6.07) is 0. The third-order valence-corrected chi connectivity index (χ3v) is 1.47. The fourth-order valence-corrected chi connectivity index (χ4v) is 0.768. The van der Waals surface area contributed by atoms with Crippen LogP contribution in [0.2, 0.25) is 0 Å². The average Bonchev–Trinajstić information content (AvgIpc) is 2.09. The van der Waals surface area contributed by atoms with E-state index in [0.29, 0.717) is 24.7 Å². The molecule has 0 aromatic carbocycles. The molecule has 0 radical (unpaired) electrons. The Hall–Kier alpha value is -0.830. The summed E-state index contributed by atoms with van der Waals surface area (Å²) in [4.78, 5) is 10.9. The normalized spacial score (nSPS) is 10.3. The number of hydrogen-bond donors (Lipinski definition) is 0. The summed E-state index contributed by atoms with van der Waals surface area (Å²) in [5.74, 6) is 0.224. The molecule has 82 valence electrons. The van der Waals surface area contributed by atoms with Gasteiger partial charge in [0.25, 0.3) is 0 Å². The Kier molecular flexibility index (Phi) is 7.11. The number of carbonyl (C=O) groups is 1. The predicted octanol–water partition coefficient (Wildman–Crippen LogP) is 2.17. The van der Waals surface area contributed by atoms with Crippen LogP contribution in [0, 0.1) is 5.92 Å². The lowest BCUT2D eigenvalue weighted by Gasteiger charge is -2.07. The first-order valence-electron chi connectivity index (χ1n) is 4.94. The highest BCUT2D eigenvalue weighted by Crippen LogP contribution is 1.96. The Labute approximate surface area is 86.1 Å². The van der Waals surface area contributed by atoms with Crippen molar-refractivity contribution in [3.63, 3.8) is 0 Å². The molecule has 0 atom stereocenters. The topological polar surface area (TPSA) is 35.5 Å². The van der Waals surface area contributed by atoms with Gasteiger partial charge in [-0.25, -0.2) is 4.79 Å². The van der Waals surface area contributed by atoms with Crippen molar-refractivity contribution in [1.82, 2.24) is 0 Å². The van der Waals surface area contributed by atoms with E-state index in [1.54, 1.807) is 6.92 Å². The molecule has 0 rings (SSSR count). The van der Waals surface area contributed by atoms with Crippen molar-refractivity contribution >= 4 is 5.97 Å². The number of carbonyl (C=O) groups excluding carboxylic acids is 1. The standard InChI is InChI=1S/C11H20O3/c1-9(2)8-13-6-5-7-14-11(12)10(3)4/h9H,3,5-8H2,1-2,4H3. The van der Waals surface area contributed by atoms with E-state index < -0.39 is 0 Å². The minimum absolute atomic E-state index is 0.325. The van der Waals surface area contributed by atoms with Gasteiger partial charge >= 0.3 is 5.97 Å². The number of rotatable bonds is 7. The Bertz CT molecular complexity index is 185. The first kappa shape index (κ1) is 13.2. The van der Waals surface area contributed by atoms with E-state index in [2.05, 4.69) is 20.4 Å². The van der Waals surface area contributed by atoms with E-state index in [9.17, 15) is 4.79 Å². The highest BCUT2D eigenvalue weighted by atomic mass is 16.5. The van der Waals surface area contributed by atoms with Gasteiger partial charge in [0.2, 0.25) is 0 Å². The Morgan fingerprint density at radius 3 is 2.50 bits per heavy atom. The Morgan fingerprint density at radius 1 is 1.36 bits per heavy atom. The van der Waals surface area contributed by atoms with Crippen LogP contribution in [0.1, 0.15) is 27.2 Å². The average molecular weight is 200 g/mol. The van der Waals surface area contributed by atoms with Crippen LogP contribution >= 0.6 is 0 Å². The lowest BCUT2D eigenvalue weighted by Crippen LogP contribution is -2.09. The molecule has 0 bridgehead atoms. The van der Waals surface area contributed by atoms with Gasteiger partial charge in [-0.05, 0) is 12.8 Å². The second kappa shape index (κ2) is 7.56. The molecule has 3 heteroatoms. The Balaban J connectivity index is 3.22. The first-order chi connectivity index (χ1) is 6.54. The van der Waals surface area contributed by atoms with Crippen LogP contribution in [0.25, 0.3) is 0 Å². The Morgan fingerprint density at radius 2 is 2.00 bits per heavy atom. The number of esters is 1. The van der Waals surface area contributed by atoms with E-state index >= 15 is 0 Å². The summed E-state index contributed by atoms with van der Waals surface area (Å²) in [5.41, 5.74) is 0.438. The predicted molar refractivity (Wildman–Crippen MR) is 56.0 cm³/mol. The maximum Gasteiger partial charge on any atom is 0.333 e. The van der Waals surface area contributed by atoms with Crippen molar-refractivity contribution in [1.29, 1.82) is 0 Å². The van der Waals surface area contributed by atoms with Gasteiger partial charge in [-0.15, -0.1) is 0 Å². The van der Waals surface area contributed by atoms with Gasteiger partial charge in [-0.3, -0.25) is 0 Å². The minimum atomic E-state index is -0.325. The zero-order chi connectivity index (χ0) is 11.0. The largest absolute Gasteiger partial charge is 0.462 e. The maximum atomic E-state index is 10.9. The maximum absolute atomic E-state index is 10.9. The van der Waals surface area contributed by atoms with Crippen LogP contribution < -0.4 is 0 Å². The molecule has 0 aromatic rings. The van der Waals surface area contributed by atoms with Crippen molar-refractivity contribution in [2.24, 2.45) is 5.92 Å². The van der Waals surface area contributed by atoms with Crippen molar-refractivity contribution in [2.75, 3.05) is 19.8 Å². The van der Waals surface area contributed by atoms with Crippen molar-refractivity contribution in [2.45, 2.75) is 27.2 Å². The number of ether oxygens (including phenoxy) is 2. The summed E-state index contributed by atoms with van der Waals surface area (Å²) >= 11 is 0. The van der Waals surface area contributed by atoms with Gasteiger partial charge < -0.3 is 9.47 Å².